The second kappa shape index (κ2) is 4.43. The molecule has 0 saturated heterocycles. The van der Waals surface area contributed by atoms with Crippen LogP contribution in [0.1, 0.15) is 16.6 Å². The molecule has 0 bridgehead atoms. The van der Waals surface area contributed by atoms with Crippen molar-refractivity contribution in [3.05, 3.63) is 52.8 Å². The molecule has 0 fully saturated rings. The van der Waals surface area contributed by atoms with Gasteiger partial charge >= 0.3 is 0 Å². The molecule has 1 unspecified atom stereocenters. The minimum atomic E-state index is 0.318. The summed E-state index contributed by atoms with van der Waals surface area (Å²) in [6.07, 6.45) is 0.994. The lowest BCUT2D eigenvalue weighted by Gasteiger charge is -2.02. The second-order valence-electron chi connectivity index (χ2n) is 4.93. The molecule has 0 spiro atoms. The number of imidazole rings is 1. The highest BCUT2D eigenvalue weighted by Gasteiger charge is 2.26. The number of aromatic nitrogens is 2. The maximum Gasteiger partial charge on any atom is 0.121 e. The Morgan fingerprint density at radius 3 is 3.00 bits per heavy atom. The van der Waals surface area contributed by atoms with Gasteiger partial charge < -0.3 is 10.7 Å². The first kappa shape index (κ1) is 12.1. The molecular formula is C15H12ClN3S. The third-order valence-electron chi connectivity index (χ3n) is 3.55. The van der Waals surface area contributed by atoms with Crippen LogP contribution in [-0.2, 0) is 6.42 Å². The van der Waals surface area contributed by atoms with Gasteiger partial charge in [0.05, 0.1) is 16.5 Å². The number of halogens is 1. The van der Waals surface area contributed by atoms with E-state index in [0.29, 0.717) is 16.0 Å². The Balaban J connectivity index is 1.76. The molecule has 2 aromatic carbocycles. The monoisotopic (exact) mass is 301 g/mol. The molecule has 3 aromatic rings. The van der Waals surface area contributed by atoms with Gasteiger partial charge in [-0.15, -0.1) is 11.8 Å². The minimum absolute atomic E-state index is 0.318. The van der Waals surface area contributed by atoms with Gasteiger partial charge in [0.25, 0.3) is 0 Å². The van der Waals surface area contributed by atoms with Crippen molar-refractivity contribution in [3.8, 4) is 0 Å². The molecule has 0 saturated carbocycles. The van der Waals surface area contributed by atoms with Gasteiger partial charge in [-0.05, 0) is 30.2 Å². The van der Waals surface area contributed by atoms with Gasteiger partial charge in [0, 0.05) is 9.92 Å². The molecule has 1 aliphatic heterocycles. The van der Waals surface area contributed by atoms with Crippen molar-refractivity contribution in [1.29, 1.82) is 0 Å². The molecule has 1 atom stereocenters. The van der Waals surface area contributed by atoms with Crippen molar-refractivity contribution in [3.63, 3.8) is 0 Å². The van der Waals surface area contributed by atoms with E-state index in [-0.39, 0.29) is 0 Å². The number of rotatable bonds is 1. The quantitative estimate of drug-likeness (QED) is 0.663. The first-order chi connectivity index (χ1) is 9.70. The van der Waals surface area contributed by atoms with Crippen LogP contribution in [0.5, 0.6) is 0 Å². The van der Waals surface area contributed by atoms with E-state index in [1.54, 1.807) is 6.07 Å². The van der Waals surface area contributed by atoms with Gasteiger partial charge in [0.15, 0.2) is 0 Å². The van der Waals surface area contributed by atoms with E-state index < -0.39 is 0 Å². The molecular weight excluding hydrogens is 290 g/mol. The number of hydrogen-bond acceptors (Lipinski definition) is 3. The van der Waals surface area contributed by atoms with Crippen molar-refractivity contribution in [1.82, 2.24) is 9.97 Å². The Hall–Kier alpha value is -1.65. The van der Waals surface area contributed by atoms with Crippen LogP contribution < -0.4 is 5.73 Å². The summed E-state index contributed by atoms with van der Waals surface area (Å²) in [7, 11) is 0. The number of thioether (sulfide) groups is 1. The highest BCUT2D eigenvalue weighted by Crippen LogP contribution is 2.45. The molecule has 0 amide bonds. The van der Waals surface area contributed by atoms with Gasteiger partial charge in [0.2, 0.25) is 0 Å². The van der Waals surface area contributed by atoms with Gasteiger partial charge in [0.1, 0.15) is 11.3 Å². The highest BCUT2D eigenvalue weighted by atomic mass is 35.5. The number of anilines is 1. The summed E-state index contributed by atoms with van der Waals surface area (Å²) < 4.78 is 0. The van der Waals surface area contributed by atoms with Crippen molar-refractivity contribution < 1.29 is 0 Å². The SMILES string of the molecule is Nc1cc(Cl)cc2[nH]c(C3Cc4ccccc4S3)nc12. The van der Waals surface area contributed by atoms with Crippen LogP contribution in [-0.4, -0.2) is 9.97 Å². The largest absolute Gasteiger partial charge is 0.397 e. The first-order valence-corrected chi connectivity index (χ1v) is 7.65. The Morgan fingerprint density at radius 1 is 1.30 bits per heavy atom. The zero-order valence-corrected chi connectivity index (χ0v) is 12.1. The van der Waals surface area contributed by atoms with Crippen molar-refractivity contribution >= 4 is 40.1 Å². The number of benzene rings is 2. The maximum atomic E-state index is 6.03. The van der Waals surface area contributed by atoms with Crippen molar-refractivity contribution in [2.45, 2.75) is 16.6 Å². The van der Waals surface area contributed by atoms with E-state index in [1.807, 2.05) is 17.8 Å². The fourth-order valence-electron chi connectivity index (χ4n) is 2.61. The van der Waals surface area contributed by atoms with E-state index in [2.05, 4.69) is 34.2 Å². The number of aromatic amines is 1. The van der Waals surface area contributed by atoms with Crippen LogP contribution in [0.2, 0.25) is 5.02 Å². The van der Waals surface area contributed by atoms with Crippen LogP contribution in [0.4, 0.5) is 5.69 Å². The zero-order chi connectivity index (χ0) is 13.7. The van der Waals surface area contributed by atoms with Crippen molar-refractivity contribution in [2.24, 2.45) is 0 Å². The number of fused-ring (bicyclic) bond motifs is 2. The van der Waals surface area contributed by atoms with E-state index in [0.717, 1.165) is 23.3 Å². The number of nitrogens with zero attached hydrogens (tertiary/aromatic N) is 1. The van der Waals surface area contributed by atoms with E-state index in [9.17, 15) is 0 Å². The van der Waals surface area contributed by atoms with Gasteiger partial charge in [-0.3, -0.25) is 0 Å². The number of hydrogen-bond donors (Lipinski definition) is 2. The summed E-state index contributed by atoms with van der Waals surface area (Å²) >= 11 is 7.88. The summed E-state index contributed by atoms with van der Waals surface area (Å²) in [4.78, 5) is 9.35. The first-order valence-electron chi connectivity index (χ1n) is 6.40. The normalized spacial score (nSPS) is 17.6. The van der Waals surface area contributed by atoms with Crippen LogP contribution in [0.3, 0.4) is 0 Å². The lowest BCUT2D eigenvalue weighted by Crippen LogP contribution is -1.94. The fourth-order valence-corrected chi connectivity index (χ4v) is 4.09. The summed E-state index contributed by atoms with van der Waals surface area (Å²) in [5.74, 6) is 0.968. The van der Waals surface area contributed by atoms with E-state index >= 15 is 0 Å². The molecule has 0 aliphatic carbocycles. The molecule has 100 valence electrons. The Bertz CT molecular complexity index is 787. The lowest BCUT2D eigenvalue weighted by atomic mass is 10.1. The maximum absolute atomic E-state index is 6.03. The average Bonchev–Trinajstić information content (AvgIpc) is 3.01. The number of H-pyrrole nitrogens is 1. The van der Waals surface area contributed by atoms with E-state index in [1.165, 1.54) is 10.5 Å². The summed E-state index contributed by atoms with van der Waals surface area (Å²) in [6.45, 7) is 0. The molecule has 3 nitrogen and oxygen atoms in total. The molecule has 2 heterocycles. The molecule has 1 aromatic heterocycles. The standard InChI is InChI=1S/C15H12ClN3S/c16-9-6-10(17)14-11(7-9)18-15(19-14)13-5-8-3-1-2-4-12(8)20-13/h1-4,6-7,13H,5,17H2,(H,18,19). The highest BCUT2D eigenvalue weighted by molar-refractivity contribution is 7.99. The Morgan fingerprint density at radius 2 is 2.15 bits per heavy atom. The summed E-state index contributed by atoms with van der Waals surface area (Å²) in [5, 5.41) is 0.950. The molecule has 1 aliphatic rings. The van der Waals surface area contributed by atoms with Crippen LogP contribution >= 0.6 is 23.4 Å². The predicted octanol–water partition coefficient (Wildman–Crippen LogP) is 4.19. The topological polar surface area (TPSA) is 54.7 Å². The minimum Gasteiger partial charge on any atom is -0.397 e. The fraction of sp³-hybridized carbons (Fsp3) is 0.133. The molecule has 3 N–H and O–H groups in total. The van der Waals surface area contributed by atoms with Crippen molar-refractivity contribution in [2.75, 3.05) is 5.73 Å². The molecule has 4 rings (SSSR count). The third-order valence-corrected chi connectivity index (χ3v) is 5.10. The van der Waals surface area contributed by atoms with Crippen LogP contribution in [0.25, 0.3) is 11.0 Å². The summed E-state index contributed by atoms with van der Waals surface area (Å²) in [6, 6.07) is 12.1. The average molecular weight is 302 g/mol. The van der Waals surface area contributed by atoms with Gasteiger partial charge in [-0.1, -0.05) is 29.8 Å². The van der Waals surface area contributed by atoms with Crippen LogP contribution in [0.15, 0.2) is 41.3 Å². The van der Waals surface area contributed by atoms with Gasteiger partial charge in [-0.25, -0.2) is 4.98 Å². The number of nitrogen functional groups attached to an aromatic ring is 1. The Kier molecular flexibility index (Phi) is 2.69. The van der Waals surface area contributed by atoms with Gasteiger partial charge in [-0.2, -0.15) is 0 Å². The predicted molar refractivity (Wildman–Crippen MR) is 84.3 cm³/mol. The number of nitrogens with two attached hydrogens (primary N) is 1. The molecule has 5 heteroatoms. The Labute approximate surface area is 125 Å². The molecule has 20 heavy (non-hydrogen) atoms. The second-order valence-corrected chi connectivity index (χ2v) is 6.61. The van der Waals surface area contributed by atoms with E-state index in [4.69, 9.17) is 17.3 Å². The third kappa shape index (κ3) is 1.87. The smallest absolute Gasteiger partial charge is 0.121 e. The zero-order valence-electron chi connectivity index (χ0n) is 10.6. The lowest BCUT2D eigenvalue weighted by molar-refractivity contribution is 0.881. The summed E-state index contributed by atoms with van der Waals surface area (Å²) in [5.41, 5.74) is 9.69. The van der Waals surface area contributed by atoms with Crippen LogP contribution in [0, 0.1) is 0 Å². The number of nitrogens with one attached hydrogen (secondary N) is 1. The molecule has 0 radical (unpaired) electrons.